The molecule has 0 radical (unpaired) electrons. The number of nitrogens with one attached hydrogen (secondary N) is 2. The maximum Gasteiger partial charge on any atom is 0.191 e. The summed E-state index contributed by atoms with van der Waals surface area (Å²) in [6, 6.07) is 3.96. The molecule has 1 aromatic carbocycles. The number of guanidine groups is 1. The third-order valence-corrected chi connectivity index (χ3v) is 4.35. The van der Waals surface area contributed by atoms with Crippen LogP contribution in [0.2, 0.25) is 0 Å². The molecule has 2 saturated heterocycles. The zero-order valence-electron chi connectivity index (χ0n) is 12.6. The highest BCUT2D eigenvalue weighted by Crippen LogP contribution is 2.34. The predicted molar refractivity (Wildman–Crippen MR) is 80.9 cm³/mol. The van der Waals surface area contributed by atoms with Gasteiger partial charge in [0, 0.05) is 19.7 Å². The first-order valence-electron chi connectivity index (χ1n) is 7.72. The van der Waals surface area contributed by atoms with Crippen LogP contribution in [0, 0.1) is 11.6 Å². The molecule has 2 aliphatic heterocycles. The van der Waals surface area contributed by atoms with E-state index in [-0.39, 0.29) is 6.10 Å². The van der Waals surface area contributed by atoms with Crippen LogP contribution < -0.4 is 10.6 Å². The molecule has 2 N–H and O–H groups in total. The summed E-state index contributed by atoms with van der Waals surface area (Å²) in [5, 5.41) is 6.54. The van der Waals surface area contributed by atoms with Crippen LogP contribution in [0.5, 0.6) is 0 Å². The molecule has 2 heterocycles. The van der Waals surface area contributed by atoms with E-state index in [2.05, 4.69) is 15.6 Å². The maximum absolute atomic E-state index is 13.6. The summed E-state index contributed by atoms with van der Waals surface area (Å²) in [5.74, 6) is -0.363. The van der Waals surface area contributed by atoms with Crippen LogP contribution in [-0.2, 0) is 11.2 Å². The first kappa shape index (κ1) is 15.2. The SMILES string of the molecule is CN=C(NCCc1ccc(F)cc1F)NC1CC2CCC1O2. The van der Waals surface area contributed by atoms with Gasteiger partial charge in [-0.1, -0.05) is 6.07 Å². The van der Waals surface area contributed by atoms with E-state index in [9.17, 15) is 8.78 Å². The van der Waals surface area contributed by atoms with E-state index in [0.29, 0.717) is 36.6 Å². The summed E-state index contributed by atoms with van der Waals surface area (Å²) in [6.45, 7) is 0.532. The number of fused-ring (bicyclic) bond motifs is 2. The van der Waals surface area contributed by atoms with Gasteiger partial charge in [0.15, 0.2) is 5.96 Å². The molecule has 0 amide bonds. The lowest BCUT2D eigenvalue weighted by atomic mass is 9.96. The number of nitrogens with zero attached hydrogens (tertiary/aromatic N) is 1. The fourth-order valence-corrected chi connectivity index (χ4v) is 3.20. The van der Waals surface area contributed by atoms with E-state index >= 15 is 0 Å². The second kappa shape index (κ2) is 6.60. The normalized spacial score (nSPS) is 27.2. The zero-order valence-corrected chi connectivity index (χ0v) is 12.6. The minimum Gasteiger partial charge on any atom is -0.373 e. The van der Waals surface area contributed by atoms with Gasteiger partial charge in [0.1, 0.15) is 11.6 Å². The van der Waals surface area contributed by atoms with E-state index in [4.69, 9.17) is 4.74 Å². The molecule has 3 atom stereocenters. The Hall–Kier alpha value is -1.69. The van der Waals surface area contributed by atoms with Crippen molar-refractivity contribution in [1.29, 1.82) is 0 Å². The fourth-order valence-electron chi connectivity index (χ4n) is 3.20. The Morgan fingerprint density at radius 1 is 1.36 bits per heavy atom. The number of hydrogen-bond acceptors (Lipinski definition) is 2. The average Bonchev–Trinajstić information content (AvgIpc) is 3.11. The van der Waals surface area contributed by atoms with Crippen LogP contribution in [0.4, 0.5) is 8.78 Å². The Labute approximate surface area is 129 Å². The third-order valence-electron chi connectivity index (χ3n) is 4.35. The second-order valence-electron chi connectivity index (χ2n) is 5.85. The average molecular weight is 309 g/mol. The Bertz CT molecular complexity index is 564. The molecule has 0 aliphatic carbocycles. The molecule has 0 spiro atoms. The molecular formula is C16H21F2N3O. The number of halogens is 2. The van der Waals surface area contributed by atoms with Gasteiger partial charge < -0.3 is 15.4 Å². The quantitative estimate of drug-likeness (QED) is 0.660. The van der Waals surface area contributed by atoms with Crippen molar-refractivity contribution in [2.45, 2.75) is 43.9 Å². The van der Waals surface area contributed by atoms with E-state index in [1.807, 2.05) is 0 Å². The Morgan fingerprint density at radius 2 is 2.23 bits per heavy atom. The van der Waals surface area contributed by atoms with Gasteiger partial charge in [-0.25, -0.2) is 8.78 Å². The van der Waals surface area contributed by atoms with Crippen molar-refractivity contribution in [3.63, 3.8) is 0 Å². The number of ether oxygens (including phenoxy) is 1. The van der Waals surface area contributed by atoms with Gasteiger partial charge in [0.25, 0.3) is 0 Å². The third kappa shape index (κ3) is 3.38. The number of rotatable bonds is 4. The summed E-state index contributed by atoms with van der Waals surface area (Å²) in [7, 11) is 1.71. The minimum atomic E-state index is -0.553. The lowest BCUT2D eigenvalue weighted by Gasteiger charge is -2.22. The van der Waals surface area contributed by atoms with Crippen LogP contribution >= 0.6 is 0 Å². The van der Waals surface area contributed by atoms with E-state index < -0.39 is 11.6 Å². The van der Waals surface area contributed by atoms with E-state index in [1.54, 1.807) is 7.05 Å². The molecule has 4 nitrogen and oxygen atoms in total. The first-order chi connectivity index (χ1) is 10.7. The molecule has 120 valence electrons. The standard InChI is InChI=1S/C16H21F2N3O/c1-19-16(21-14-9-12-4-5-15(14)22-12)20-7-6-10-2-3-11(17)8-13(10)18/h2-3,8,12,14-15H,4-7,9H2,1H3,(H2,19,20,21). The van der Waals surface area contributed by atoms with Crippen molar-refractivity contribution in [3.8, 4) is 0 Å². The predicted octanol–water partition coefficient (Wildman–Crippen LogP) is 1.99. The van der Waals surface area contributed by atoms with Crippen LogP contribution in [-0.4, -0.2) is 37.8 Å². The Kier molecular flexibility index (Phi) is 4.57. The molecule has 6 heteroatoms. The van der Waals surface area contributed by atoms with Crippen molar-refractivity contribution in [2.75, 3.05) is 13.6 Å². The van der Waals surface area contributed by atoms with Crippen molar-refractivity contribution in [1.82, 2.24) is 10.6 Å². The molecule has 2 fully saturated rings. The summed E-state index contributed by atoms with van der Waals surface area (Å²) < 4.78 is 32.2. The van der Waals surface area contributed by atoms with E-state index in [1.165, 1.54) is 12.1 Å². The van der Waals surface area contributed by atoms with Gasteiger partial charge in [0.2, 0.25) is 0 Å². The molecule has 1 aromatic rings. The van der Waals surface area contributed by atoms with Crippen molar-refractivity contribution in [3.05, 3.63) is 35.4 Å². The highest BCUT2D eigenvalue weighted by Gasteiger charge is 2.41. The van der Waals surface area contributed by atoms with Crippen LogP contribution in [0.1, 0.15) is 24.8 Å². The molecule has 3 unspecified atom stereocenters. The minimum absolute atomic E-state index is 0.276. The largest absolute Gasteiger partial charge is 0.373 e. The highest BCUT2D eigenvalue weighted by atomic mass is 19.1. The number of hydrogen-bond donors (Lipinski definition) is 2. The lowest BCUT2D eigenvalue weighted by Crippen LogP contribution is -2.47. The van der Waals surface area contributed by atoms with Crippen LogP contribution in [0.25, 0.3) is 0 Å². The highest BCUT2D eigenvalue weighted by molar-refractivity contribution is 5.80. The monoisotopic (exact) mass is 309 g/mol. The summed E-state index contributed by atoms with van der Waals surface area (Å²) >= 11 is 0. The summed E-state index contributed by atoms with van der Waals surface area (Å²) in [4.78, 5) is 4.19. The van der Waals surface area contributed by atoms with Crippen molar-refractivity contribution < 1.29 is 13.5 Å². The van der Waals surface area contributed by atoms with Gasteiger partial charge in [0.05, 0.1) is 18.2 Å². The second-order valence-corrected chi connectivity index (χ2v) is 5.85. The molecular weight excluding hydrogens is 288 g/mol. The fraction of sp³-hybridized carbons (Fsp3) is 0.562. The maximum atomic E-state index is 13.6. The topological polar surface area (TPSA) is 45.7 Å². The van der Waals surface area contributed by atoms with Gasteiger partial charge in [-0.05, 0) is 37.3 Å². The van der Waals surface area contributed by atoms with Crippen LogP contribution in [0.3, 0.4) is 0 Å². The smallest absolute Gasteiger partial charge is 0.191 e. The Morgan fingerprint density at radius 3 is 2.86 bits per heavy atom. The molecule has 0 saturated carbocycles. The summed E-state index contributed by atoms with van der Waals surface area (Å²) in [5.41, 5.74) is 0.493. The number of aliphatic imine (C=N–C) groups is 1. The Balaban J connectivity index is 1.47. The number of benzene rings is 1. The molecule has 2 bridgehead atoms. The van der Waals surface area contributed by atoms with E-state index in [0.717, 1.165) is 25.3 Å². The van der Waals surface area contributed by atoms with Gasteiger partial charge in [-0.15, -0.1) is 0 Å². The van der Waals surface area contributed by atoms with Crippen molar-refractivity contribution >= 4 is 5.96 Å². The lowest BCUT2D eigenvalue weighted by molar-refractivity contribution is 0.0992. The van der Waals surface area contributed by atoms with Crippen molar-refractivity contribution in [2.24, 2.45) is 4.99 Å². The van der Waals surface area contributed by atoms with Gasteiger partial charge in [-0.3, -0.25) is 4.99 Å². The van der Waals surface area contributed by atoms with Gasteiger partial charge >= 0.3 is 0 Å². The molecule has 3 rings (SSSR count). The summed E-state index contributed by atoms with van der Waals surface area (Å²) in [6.07, 6.45) is 4.39. The van der Waals surface area contributed by atoms with Crippen LogP contribution in [0.15, 0.2) is 23.2 Å². The zero-order chi connectivity index (χ0) is 15.5. The molecule has 22 heavy (non-hydrogen) atoms. The first-order valence-corrected chi connectivity index (χ1v) is 7.72. The van der Waals surface area contributed by atoms with Gasteiger partial charge in [-0.2, -0.15) is 0 Å². The molecule has 0 aromatic heterocycles. The molecule has 2 aliphatic rings.